The van der Waals surface area contributed by atoms with Crippen molar-refractivity contribution >= 4 is 0 Å². The second kappa shape index (κ2) is 10.9. The van der Waals surface area contributed by atoms with Crippen LogP contribution in [0.3, 0.4) is 0 Å². The first-order valence-corrected chi connectivity index (χ1v) is 27.9. The Morgan fingerprint density at radius 3 is 1.14 bits per heavy atom. The summed E-state index contributed by atoms with van der Waals surface area (Å²) in [6.07, 6.45) is 23.0. The van der Waals surface area contributed by atoms with Gasteiger partial charge < -0.3 is 0 Å². The summed E-state index contributed by atoms with van der Waals surface area (Å²) in [5.74, 6) is 7.12. The van der Waals surface area contributed by atoms with Crippen molar-refractivity contribution in [2.45, 2.75) is 45.8 Å². The fourth-order valence-corrected chi connectivity index (χ4v) is 25.7. The lowest BCUT2D eigenvalue weighted by molar-refractivity contribution is -0.0230. The van der Waals surface area contributed by atoms with E-state index in [1.165, 1.54) is 0 Å². The monoisotopic (exact) mass is 906 g/mol. The molecule has 5 fully saturated rings. The van der Waals surface area contributed by atoms with Crippen molar-refractivity contribution in [1.82, 2.24) is 0 Å². The lowest BCUT2D eigenvalue weighted by atomic mass is 9.29. The van der Waals surface area contributed by atoms with Gasteiger partial charge in [0.1, 0.15) is 0 Å². The molecule has 0 bridgehead atoms. The third-order valence-corrected chi connectivity index (χ3v) is 25.7. The molecule has 338 valence electrons. The van der Waals surface area contributed by atoms with Gasteiger partial charge in [0.25, 0.3) is 0 Å². The van der Waals surface area contributed by atoms with E-state index in [2.05, 4.69) is 219 Å². The molecule has 6 aromatic rings. The van der Waals surface area contributed by atoms with Gasteiger partial charge in [-0.25, -0.2) is 0 Å². The lowest BCUT2D eigenvalue weighted by Gasteiger charge is -2.72. The van der Waals surface area contributed by atoms with Crippen molar-refractivity contribution in [3.63, 3.8) is 0 Å². The molecule has 71 heavy (non-hydrogen) atoms. The highest BCUT2D eigenvalue weighted by Gasteiger charge is 2.94. The number of hydrogen-bond acceptors (Lipinski definition) is 0. The summed E-state index contributed by atoms with van der Waals surface area (Å²) in [5.41, 5.74) is 21.2. The fourth-order valence-electron chi connectivity index (χ4n) is 25.7. The smallest absolute Gasteiger partial charge is 0.0472 e. The molecule has 15 aliphatic carbocycles. The van der Waals surface area contributed by atoms with Crippen LogP contribution in [0.15, 0.2) is 235 Å². The largest absolute Gasteiger partial charge is 0.0842 e. The van der Waals surface area contributed by atoms with Gasteiger partial charge >= 0.3 is 0 Å². The minimum absolute atomic E-state index is 0.149. The highest BCUT2D eigenvalue weighted by molar-refractivity contribution is 5.89. The zero-order valence-electron chi connectivity index (χ0n) is 39.9. The van der Waals surface area contributed by atoms with E-state index in [0.717, 1.165) is 0 Å². The Bertz CT molecular complexity index is 3740. The zero-order valence-corrected chi connectivity index (χ0v) is 39.9. The van der Waals surface area contributed by atoms with Crippen LogP contribution in [0.25, 0.3) is 0 Å². The Balaban J connectivity index is 1.12. The van der Waals surface area contributed by atoms with Crippen molar-refractivity contribution in [2.75, 3.05) is 0 Å². The van der Waals surface area contributed by atoms with Gasteiger partial charge in [0.15, 0.2) is 0 Å². The summed E-state index contributed by atoms with van der Waals surface area (Å²) in [7, 11) is 0. The minimum Gasteiger partial charge on any atom is -0.0842 e. The van der Waals surface area contributed by atoms with E-state index in [1.54, 1.807) is 50.1 Å². The van der Waals surface area contributed by atoms with Gasteiger partial charge in [0, 0.05) is 44.3 Å². The number of allylic oxidation sites excluding steroid dienone is 12. The molecule has 0 heterocycles. The number of rotatable bonds is 5. The van der Waals surface area contributed by atoms with Gasteiger partial charge in [-0.1, -0.05) is 219 Å². The molecular formula is C71H54. The molecule has 21 rings (SSSR count). The van der Waals surface area contributed by atoms with Crippen LogP contribution in [0.1, 0.15) is 68.8 Å². The van der Waals surface area contributed by atoms with E-state index < -0.39 is 0 Å². The van der Waals surface area contributed by atoms with Gasteiger partial charge in [-0.3, -0.25) is 0 Å². The molecule has 0 spiro atoms. The van der Waals surface area contributed by atoms with Crippen LogP contribution in [0.4, 0.5) is 0 Å². The van der Waals surface area contributed by atoms with Gasteiger partial charge in [-0.2, -0.15) is 0 Å². The van der Waals surface area contributed by atoms with E-state index >= 15 is 0 Å². The molecular weight excluding hydrogens is 853 g/mol. The highest BCUT2D eigenvalue weighted by Crippen LogP contribution is 2.98. The number of hydrogen-bond donors (Lipinski definition) is 0. The molecule has 0 N–H and O–H groups in total. The third kappa shape index (κ3) is 2.98. The summed E-state index contributed by atoms with van der Waals surface area (Å²) in [5, 5.41) is 0. The fraction of sp³-hybridized carbons (Fsp3) is 0.324. The maximum absolute atomic E-state index is 3.00. The van der Waals surface area contributed by atoms with Crippen molar-refractivity contribution < 1.29 is 0 Å². The first kappa shape index (κ1) is 36.6. The average Bonchev–Trinajstić information content (AvgIpc) is 4.43. The van der Waals surface area contributed by atoms with Crippen LogP contribution in [0, 0.1) is 88.3 Å². The maximum atomic E-state index is 3.00. The summed E-state index contributed by atoms with van der Waals surface area (Å²) in [6, 6.07) is 68.2. The zero-order chi connectivity index (χ0) is 45.5. The quantitative estimate of drug-likeness (QED) is 0.151. The Hall–Kier alpha value is -6.24. The molecule has 6 aromatic carbocycles. The molecule has 0 aromatic heterocycles. The van der Waals surface area contributed by atoms with Gasteiger partial charge in [-0.15, -0.1) is 0 Å². The van der Waals surface area contributed by atoms with Crippen LogP contribution in [-0.2, 0) is 27.1 Å². The van der Waals surface area contributed by atoms with Crippen LogP contribution >= 0.6 is 0 Å². The Morgan fingerprint density at radius 2 is 0.648 bits per heavy atom. The Kier molecular flexibility index (Phi) is 5.63. The number of fused-ring (bicyclic) bond motifs is 5. The molecule has 15 aliphatic rings. The topological polar surface area (TPSA) is 0 Å². The molecule has 0 amide bonds. The molecule has 0 aliphatic heterocycles. The summed E-state index contributed by atoms with van der Waals surface area (Å²) in [4.78, 5) is 0. The molecule has 0 saturated heterocycles. The molecule has 0 radical (unpaired) electrons. The maximum Gasteiger partial charge on any atom is 0.0472 e. The van der Waals surface area contributed by atoms with E-state index in [9.17, 15) is 0 Å². The van der Waals surface area contributed by atoms with Gasteiger partial charge in [0.05, 0.1) is 0 Å². The summed E-state index contributed by atoms with van der Waals surface area (Å²) in [6.45, 7) is 3.00. The van der Waals surface area contributed by atoms with Crippen LogP contribution < -0.4 is 0 Å². The van der Waals surface area contributed by atoms with Crippen molar-refractivity contribution in [1.29, 1.82) is 0 Å². The Morgan fingerprint density at radius 1 is 0.296 bits per heavy atom. The van der Waals surface area contributed by atoms with E-state index in [1.807, 2.05) is 22.3 Å². The van der Waals surface area contributed by atoms with E-state index in [4.69, 9.17) is 0 Å². The molecule has 5 saturated carbocycles. The van der Waals surface area contributed by atoms with Crippen molar-refractivity contribution in [3.05, 3.63) is 285 Å². The second-order valence-electron chi connectivity index (χ2n) is 25.9. The predicted octanol–water partition coefficient (Wildman–Crippen LogP) is 13.9. The average molecular weight is 907 g/mol. The number of benzene rings is 6. The molecule has 0 nitrogen and oxygen atoms in total. The van der Waals surface area contributed by atoms with Crippen LogP contribution in [0.2, 0.25) is 0 Å². The SMILES string of the molecule is CC12C3=C4C5=C1C1(c6ccccc6)C6C7C=CC8C9C=CC%10C%11C=CC%12c%13ccc%14c(c%13C3(c3ccccc3)C%12C%11C4(c3ccccc3)C%10C9C5(c3ccccc3)C86)C2(c2ccccc2)C2C%14C=CC7C21. The first-order chi connectivity index (χ1) is 35.1. The van der Waals surface area contributed by atoms with Crippen LogP contribution in [-0.4, -0.2) is 0 Å². The predicted molar refractivity (Wildman–Crippen MR) is 278 cm³/mol. The van der Waals surface area contributed by atoms with Crippen molar-refractivity contribution in [3.8, 4) is 0 Å². The first-order valence-electron chi connectivity index (χ1n) is 27.9. The molecule has 22 atom stereocenters. The minimum atomic E-state index is -0.329. The van der Waals surface area contributed by atoms with Crippen molar-refractivity contribution in [2.24, 2.45) is 88.3 Å². The standard InChI is InChI=1S/C71H54/c1-66-64-62-63-65(66)70(40-23-13-5-14-24-40)57-47-32-30-45-43-28-27-42-44-29-31-46-48-33-35-50-51-36-34-49(47)59(70)61(51)71(66,41-25-15-6-16-26-41)60(50)58(48)69(64,39-21-11-4-12-22-39)56(46)54(44)67(62,37-17-7-2-8-18-37)52(42)53(43)68(63,55(45)57)38-19-9-3-10-20-38/h2-36,42-48,50,52-58,60H,1H3. The Labute approximate surface area is 416 Å². The third-order valence-electron chi connectivity index (χ3n) is 25.7. The van der Waals surface area contributed by atoms with Crippen LogP contribution in [0.5, 0.6) is 0 Å². The second-order valence-corrected chi connectivity index (χ2v) is 25.9. The summed E-state index contributed by atoms with van der Waals surface area (Å²) >= 11 is 0. The molecule has 22 unspecified atom stereocenters. The molecule has 0 heteroatoms. The van der Waals surface area contributed by atoms with E-state index in [0.29, 0.717) is 94.7 Å². The summed E-state index contributed by atoms with van der Waals surface area (Å²) < 4.78 is 0. The lowest BCUT2D eigenvalue weighted by Crippen LogP contribution is -2.70. The van der Waals surface area contributed by atoms with Gasteiger partial charge in [-0.05, 0) is 155 Å². The van der Waals surface area contributed by atoms with Gasteiger partial charge in [0.2, 0.25) is 0 Å². The normalized spacial score (nSPS) is 49.8. The van der Waals surface area contributed by atoms with E-state index in [-0.39, 0.29) is 32.5 Å². The highest BCUT2D eigenvalue weighted by atomic mass is 15.0.